The van der Waals surface area contributed by atoms with Crippen molar-refractivity contribution in [2.75, 3.05) is 26.2 Å². The van der Waals surface area contributed by atoms with Crippen molar-refractivity contribution in [1.82, 2.24) is 14.2 Å². The highest BCUT2D eigenvalue weighted by Crippen LogP contribution is 2.26. The van der Waals surface area contributed by atoms with Crippen LogP contribution >= 0.6 is 11.3 Å². The van der Waals surface area contributed by atoms with Crippen molar-refractivity contribution in [3.8, 4) is 10.6 Å². The summed E-state index contributed by atoms with van der Waals surface area (Å²) in [5.74, 6) is -1.24. The number of furan rings is 1. The Labute approximate surface area is 176 Å². The van der Waals surface area contributed by atoms with Crippen molar-refractivity contribution in [3.05, 3.63) is 59.3 Å². The first-order valence-electron chi connectivity index (χ1n) is 9.06. The highest BCUT2D eigenvalue weighted by atomic mass is 32.2. The summed E-state index contributed by atoms with van der Waals surface area (Å²) in [6.45, 7) is 0.704. The van der Waals surface area contributed by atoms with Gasteiger partial charge in [-0.05, 0) is 12.1 Å². The van der Waals surface area contributed by atoms with Gasteiger partial charge in [0.25, 0.3) is 21.8 Å². The number of sulfonamides is 1. The topological polar surface area (TPSA) is 127 Å². The lowest BCUT2D eigenvalue weighted by Gasteiger charge is -2.33. The van der Waals surface area contributed by atoms with E-state index in [1.807, 2.05) is 30.3 Å². The minimum Gasteiger partial charge on any atom is -0.438 e. The van der Waals surface area contributed by atoms with Gasteiger partial charge in [-0.3, -0.25) is 9.59 Å². The molecule has 2 aromatic heterocycles. The van der Waals surface area contributed by atoms with E-state index in [2.05, 4.69) is 4.98 Å². The highest BCUT2D eigenvalue weighted by Gasteiger charge is 2.33. The lowest BCUT2D eigenvalue weighted by molar-refractivity contribution is 0.0701. The second-order valence-electron chi connectivity index (χ2n) is 6.57. The predicted octanol–water partition coefficient (Wildman–Crippen LogP) is 1.65. The Morgan fingerprint density at radius 3 is 2.37 bits per heavy atom. The van der Waals surface area contributed by atoms with Crippen LogP contribution < -0.4 is 5.73 Å². The van der Waals surface area contributed by atoms with Crippen LogP contribution in [0.4, 0.5) is 0 Å². The van der Waals surface area contributed by atoms with Gasteiger partial charge in [0.05, 0.1) is 6.20 Å². The number of primary amides is 1. The van der Waals surface area contributed by atoms with Crippen molar-refractivity contribution in [1.29, 1.82) is 0 Å². The van der Waals surface area contributed by atoms with Gasteiger partial charge in [-0.25, -0.2) is 13.4 Å². The number of carbonyl (C=O) groups is 2. The van der Waals surface area contributed by atoms with Crippen LogP contribution in [0.25, 0.3) is 10.6 Å². The van der Waals surface area contributed by atoms with Gasteiger partial charge in [-0.2, -0.15) is 4.31 Å². The van der Waals surface area contributed by atoms with Crippen molar-refractivity contribution in [3.63, 3.8) is 0 Å². The van der Waals surface area contributed by atoms with Crippen LogP contribution in [-0.2, 0) is 10.0 Å². The van der Waals surface area contributed by atoms with E-state index in [1.165, 1.54) is 27.8 Å². The van der Waals surface area contributed by atoms with Crippen LogP contribution in [0, 0.1) is 0 Å². The summed E-state index contributed by atoms with van der Waals surface area (Å²) in [7, 11) is -3.91. The van der Waals surface area contributed by atoms with E-state index in [0.717, 1.165) is 10.6 Å². The first-order chi connectivity index (χ1) is 14.4. The Balaban J connectivity index is 1.42. The van der Waals surface area contributed by atoms with E-state index in [-0.39, 0.29) is 42.9 Å². The maximum atomic E-state index is 12.8. The molecule has 0 bridgehead atoms. The summed E-state index contributed by atoms with van der Waals surface area (Å²) >= 11 is 1.30. The SMILES string of the molecule is NC(=O)c1ccc(S(=O)(=O)N2CCN(C(=O)c3cnc(-c4ccccc4)s3)CC2)o1. The highest BCUT2D eigenvalue weighted by molar-refractivity contribution is 7.89. The third-order valence-electron chi connectivity index (χ3n) is 4.68. The average molecular weight is 447 g/mol. The molecule has 3 heterocycles. The molecule has 30 heavy (non-hydrogen) atoms. The standard InChI is InChI=1S/C19H18N4O5S2/c20-17(24)14-6-7-16(28-14)30(26,27)23-10-8-22(9-11-23)19(25)15-12-21-18(29-15)13-4-2-1-3-5-13/h1-7,12H,8-11H2,(H2,20,24). The van der Waals surface area contributed by atoms with Crippen LogP contribution in [0.2, 0.25) is 0 Å². The second-order valence-corrected chi connectivity index (χ2v) is 9.47. The molecule has 9 nitrogen and oxygen atoms in total. The van der Waals surface area contributed by atoms with Crippen molar-refractivity contribution in [2.45, 2.75) is 5.09 Å². The Bertz CT molecular complexity index is 1180. The van der Waals surface area contributed by atoms with Crippen LogP contribution in [0.3, 0.4) is 0 Å². The number of nitrogens with two attached hydrogens (primary N) is 1. The van der Waals surface area contributed by atoms with Gasteiger partial charge in [0.15, 0.2) is 5.76 Å². The zero-order chi connectivity index (χ0) is 21.3. The number of thiazole rings is 1. The molecule has 2 N–H and O–H groups in total. The first kappa shape index (κ1) is 20.3. The van der Waals surface area contributed by atoms with E-state index >= 15 is 0 Å². The third kappa shape index (κ3) is 3.86. The van der Waals surface area contributed by atoms with Gasteiger partial charge >= 0.3 is 0 Å². The molecular weight excluding hydrogens is 428 g/mol. The Morgan fingerprint density at radius 2 is 1.73 bits per heavy atom. The molecular formula is C19H18N4O5S2. The number of carbonyl (C=O) groups excluding carboxylic acids is 2. The molecule has 1 aliphatic rings. The van der Waals surface area contributed by atoms with Crippen LogP contribution in [0.5, 0.6) is 0 Å². The summed E-state index contributed by atoms with van der Waals surface area (Å²) in [5, 5.41) is 0.411. The molecule has 4 rings (SSSR count). The molecule has 0 aliphatic carbocycles. The Kier molecular flexibility index (Phi) is 5.41. The van der Waals surface area contributed by atoms with Gasteiger partial charge in [-0.1, -0.05) is 30.3 Å². The largest absolute Gasteiger partial charge is 0.438 e. The molecule has 0 radical (unpaired) electrons. The lowest BCUT2D eigenvalue weighted by Crippen LogP contribution is -2.50. The second kappa shape index (κ2) is 8.01. The Hall–Kier alpha value is -3.02. The van der Waals surface area contributed by atoms with Crippen molar-refractivity contribution >= 4 is 33.2 Å². The summed E-state index contributed by atoms with van der Waals surface area (Å²) in [5.41, 5.74) is 6.04. The van der Waals surface area contributed by atoms with E-state index < -0.39 is 15.9 Å². The smallest absolute Gasteiger partial charge is 0.284 e. The van der Waals surface area contributed by atoms with Gasteiger partial charge in [0, 0.05) is 31.7 Å². The van der Waals surface area contributed by atoms with Gasteiger partial charge in [0.1, 0.15) is 9.88 Å². The monoisotopic (exact) mass is 446 g/mol. The number of nitrogens with zero attached hydrogens (tertiary/aromatic N) is 3. The van der Waals surface area contributed by atoms with E-state index in [0.29, 0.717) is 4.88 Å². The fourth-order valence-corrected chi connectivity index (χ4v) is 5.32. The minimum atomic E-state index is -3.91. The van der Waals surface area contributed by atoms with Crippen LogP contribution in [0.1, 0.15) is 20.2 Å². The number of piperazine rings is 1. The summed E-state index contributed by atoms with van der Waals surface area (Å²) in [6.07, 6.45) is 1.55. The average Bonchev–Trinajstić information content (AvgIpc) is 3.44. The molecule has 0 atom stereocenters. The number of hydrogen-bond donors (Lipinski definition) is 1. The molecule has 0 spiro atoms. The molecule has 1 aliphatic heterocycles. The first-order valence-corrected chi connectivity index (χ1v) is 11.3. The van der Waals surface area contributed by atoms with Gasteiger partial charge < -0.3 is 15.1 Å². The number of aromatic nitrogens is 1. The molecule has 2 amide bonds. The summed E-state index contributed by atoms with van der Waals surface area (Å²) < 4.78 is 31.7. The summed E-state index contributed by atoms with van der Waals surface area (Å²) in [6, 6.07) is 12.0. The lowest BCUT2D eigenvalue weighted by atomic mass is 10.2. The van der Waals surface area contributed by atoms with Crippen LogP contribution in [0.15, 0.2) is 58.2 Å². The van der Waals surface area contributed by atoms with Gasteiger partial charge in [-0.15, -0.1) is 11.3 Å². The maximum Gasteiger partial charge on any atom is 0.284 e. The van der Waals surface area contributed by atoms with E-state index in [4.69, 9.17) is 10.2 Å². The van der Waals surface area contributed by atoms with Crippen molar-refractivity contribution in [2.24, 2.45) is 5.73 Å². The van der Waals surface area contributed by atoms with E-state index in [9.17, 15) is 18.0 Å². The zero-order valence-electron chi connectivity index (χ0n) is 15.7. The number of benzene rings is 1. The Morgan fingerprint density at radius 1 is 1.03 bits per heavy atom. The molecule has 1 saturated heterocycles. The zero-order valence-corrected chi connectivity index (χ0v) is 17.4. The molecule has 11 heteroatoms. The minimum absolute atomic E-state index is 0.116. The quantitative estimate of drug-likeness (QED) is 0.635. The fourth-order valence-electron chi connectivity index (χ4n) is 3.09. The summed E-state index contributed by atoms with van der Waals surface area (Å²) in [4.78, 5) is 30.4. The molecule has 3 aromatic rings. The van der Waals surface area contributed by atoms with Crippen LogP contribution in [-0.4, -0.2) is 60.6 Å². The normalized spacial score (nSPS) is 15.3. The third-order valence-corrected chi connectivity index (χ3v) is 7.49. The van der Waals surface area contributed by atoms with Gasteiger partial charge in [0.2, 0.25) is 5.09 Å². The molecule has 0 saturated carbocycles. The van der Waals surface area contributed by atoms with E-state index in [1.54, 1.807) is 11.1 Å². The molecule has 156 valence electrons. The maximum absolute atomic E-state index is 12.8. The molecule has 0 unspecified atom stereocenters. The number of rotatable bonds is 5. The fraction of sp³-hybridized carbons (Fsp3) is 0.211. The number of amides is 2. The van der Waals surface area contributed by atoms with Crippen molar-refractivity contribution < 1.29 is 22.4 Å². The number of hydrogen-bond acceptors (Lipinski definition) is 7. The molecule has 1 fully saturated rings. The predicted molar refractivity (Wildman–Crippen MR) is 109 cm³/mol. The molecule has 1 aromatic carbocycles.